The molecule has 2 aromatic carbocycles. The van der Waals surface area contributed by atoms with E-state index in [2.05, 4.69) is 29.4 Å². The molecule has 0 saturated heterocycles. The largest absolute Gasteiger partial charge is 0.493 e. The molecule has 0 saturated carbocycles. The molecule has 156 valence electrons. The number of nitrogens with zero attached hydrogens (tertiary/aromatic N) is 3. The van der Waals surface area contributed by atoms with Crippen LogP contribution in [0.5, 0.6) is 11.6 Å². The Morgan fingerprint density at radius 3 is 2.73 bits per heavy atom. The Bertz CT molecular complexity index is 998. The highest BCUT2D eigenvalue weighted by atomic mass is 32.2. The Labute approximate surface area is 181 Å². The Balaban J connectivity index is 1.73. The van der Waals surface area contributed by atoms with Crippen LogP contribution in [-0.2, 0) is 0 Å². The molecule has 1 aliphatic heterocycles. The Hall–Kier alpha value is -2.80. The minimum absolute atomic E-state index is 0.453. The molecular weight excluding hydrogens is 396 g/mol. The lowest BCUT2D eigenvalue weighted by Gasteiger charge is -2.21. The maximum atomic E-state index is 6.38. The maximum Gasteiger partial charge on any atom is 0.247 e. The van der Waals surface area contributed by atoms with Crippen molar-refractivity contribution in [2.45, 2.75) is 44.5 Å². The van der Waals surface area contributed by atoms with Crippen molar-refractivity contribution in [3.8, 4) is 22.9 Å². The second-order valence-electron chi connectivity index (χ2n) is 7.02. The third-order valence-corrected chi connectivity index (χ3v) is 5.65. The normalized spacial score (nSPS) is 14.7. The summed E-state index contributed by atoms with van der Waals surface area (Å²) in [6, 6.07) is 15.9. The fourth-order valence-corrected chi connectivity index (χ4v) is 4.06. The summed E-state index contributed by atoms with van der Waals surface area (Å²) >= 11 is 1.61. The molecule has 7 heteroatoms. The molecule has 6 nitrogen and oxygen atoms in total. The molecule has 3 aromatic rings. The molecule has 4 rings (SSSR count). The third kappa shape index (κ3) is 4.51. The van der Waals surface area contributed by atoms with Gasteiger partial charge in [-0.3, -0.25) is 0 Å². The summed E-state index contributed by atoms with van der Waals surface area (Å²) in [5.41, 5.74) is 3.42. The van der Waals surface area contributed by atoms with Crippen LogP contribution < -0.4 is 14.8 Å². The Morgan fingerprint density at radius 2 is 1.87 bits per heavy atom. The highest BCUT2D eigenvalue weighted by Gasteiger charge is 2.27. The van der Waals surface area contributed by atoms with Crippen molar-refractivity contribution in [1.29, 1.82) is 0 Å². The lowest BCUT2D eigenvalue weighted by Crippen LogP contribution is -2.18. The minimum Gasteiger partial charge on any atom is -0.493 e. The standard InChI is InChI=1S/C23H26N4O2S/c1-3-5-15-30-23-25-22-20(26-27-23)16-10-6-8-12-18(16)24-21(29-22)17-11-7-9-13-19(17)28-14-4-2/h6-13,21,24H,3-5,14-15H2,1-2H3/t21-/m1/s1. The second-order valence-corrected chi connectivity index (χ2v) is 8.09. The van der Waals surface area contributed by atoms with Crippen molar-refractivity contribution in [3.05, 3.63) is 54.1 Å². The van der Waals surface area contributed by atoms with E-state index in [9.17, 15) is 0 Å². The number of rotatable bonds is 8. The van der Waals surface area contributed by atoms with Crippen molar-refractivity contribution in [2.75, 3.05) is 17.7 Å². The molecule has 0 aliphatic carbocycles. The third-order valence-electron chi connectivity index (χ3n) is 4.73. The first-order valence-corrected chi connectivity index (χ1v) is 11.4. The molecule has 0 amide bonds. The SMILES string of the molecule is CCCCSc1nnc2c(n1)O[C@H](c1ccccc1OCCC)Nc1ccccc1-2. The summed E-state index contributed by atoms with van der Waals surface area (Å²) in [6.45, 7) is 4.92. The Kier molecular flexibility index (Phi) is 6.69. The molecule has 1 N–H and O–H groups in total. The predicted octanol–water partition coefficient (Wildman–Crippen LogP) is 5.72. The van der Waals surface area contributed by atoms with Gasteiger partial charge in [-0.25, -0.2) is 0 Å². The predicted molar refractivity (Wildman–Crippen MR) is 120 cm³/mol. The first-order chi connectivity index (χ1) is 14.8. The number of hydrogen-bond acceptors (Lipinski definition) is 7. The smallest absolute Gasteiger partial charge is 0.247 e. The highest BCUT2D eigenvalue weighted by Crippen LogP contribution is 2.41. The quantitative estimate of drug-likeness (QED) is 0.367. The zero-order chi connectivity index (χ0) is 20.8. The fourth-order valence-electron chi connectivity index (χ4n) is 3.20. The number of fused-ring (bicyclic) bond motifs is 3. The number of nitrogens with one attached hydrogen (secondary N) is 1. The van der Waals surface area contributed by atoms with Crippen LogP contribution >= 0.6 is 11.8 Å². The van der Waals surface area contributed by atoms with Gasteiger partial charge in [0.1, 0.15) is 5.75 Å². The zero-order valence-electron chi connectivity index (χ0n) is 17.3. The molecule has 2 heterocycles. The number of ether oxygens (including phenoxy) is 2. The summed E-state index contributed by atoms with van der Waals surface area (Å²) in [5.74, 6) is 2.25. The first kappa shape index (κ1) is 20.5. The van der Waals surface area contributed by atoms with E-state index in [1.165, 1.54) is 0 Å². The average Bonchev–Trinajstić information content (AvgIpc) is 2.94. The fraction of sp³-hybridized carbons (Fsp3) is 0.348. The summed E-state index contributed by atoms with van der Waals surface area (Å²) in [6.07, 6.45) is 2.73. The molecular formula is C23H26N4O2S. The van der Waals surface area contributed by atoms with Crippen LogP contribution in [0.1, 0.15) is 44.9 Å². The topological polar surface area (TPSA) is 69.2 Å². The van der Waals surface area contributed by atoms with E-state index >= 15 is 0 Å². The molecule has 1 aliphatic rings. The maximum absolute atomic E-state index is 6.38. The zero-order valence-corrected chi connectivity index (χ0v) is 18.1. The van der Waals surface area contributed by atoms with E-state index in [0.717, 1.165) is 47.6 Å². The summed E-state index contributed by atoms with van der Waals surface area (Å²) in [4.78, 5) is 4.70. The van der Waals surface area contributed by atoms with Gasteiger partial charge in [0.05, 0.1) is 12.2 Å². The lowest BCUT2D eigenvalue weighted by molar-refractivity contribution is 0.215. The number of aromatic nitrogens is 3. The van der Waals surface area contributed by atoms with Gasteiger partial charge >= 0.3 is 0 Å². The molecule has 0 spiro atoms. The minimum atomic E-state index is -0.453. The van der Waals surface area contributed by atoms with Crippen LogP contribution in [0.4, 0.5) is 5.69 Å². The van der Waals surface area contributed by atoms with Crippen LogP contribution in [-0.4, -0.2) is 27.5 Å². The number of thioether (sulfide) groups is 1. The molecule has 0 radical (unpaired) electrons. The van der Waals surface area contributed by atoms with Gasteiger partial charge < -0.3 is 14.8 Å². The van der Waals surface area contributed by atoms with Gasteiger partial charge in [0.2, 0.25) is 17.3 Å². The molecule has 0 unspecified atom stereocenters. The average molecular weight is 423 g/mol. The van der Waals surface area contributed by atoms with Gasteiger partial charge in [-0.2, -0.15) is 4.98 Å². The van der Waals surface area contributed by atoms with Crippen LogP contribution in [0.25, 0.3) is 11.3 Å². The van der Waals surface area contributed by atoms with Crippen LogP contribution in [0.2, 0.25) is 0 Å². The number of benzene rings is 2. The Morgan fingerprint density at radius 1 is 1.03 bits per heavy atom. The monoisotopic (exact) mass is 422 g/mol. The summed E-state index contributed by atoms with van der Waals surface area (Å²) < 4.78 is 12.3. The van der Waals surface area contributed by atoms with Gasteiger partial charge in [-0.15, -0.1) is 10.2 Å². The van der Waals surface area contributed by atoms with E-state index in [0.29, 0.717) is 23.3 Å². The van der Waals surface area contributed by atoms with Crippen LogP contribution in [0, 0.1) is 0 Å². The molecule has 0 bridgehead atoms. The summed E-state index contributed by atoms with van der Waals surface area (Å²) in [7, 11) is 0. The van der Waals surface area contributed by atoms with Crippen molar-refractivity contribution in [1.82, 2.24) is 15.2 Å². The first-order valence-electron chi connectivity index (χ1n) is 10.4. The van der Waals surface area contributed by atoms with Gasteiger partial charge in [0.15, 0.2) is 5.69 Å². The van der Waals surface area contributed by atoms with Gasteiger partial charge in [-0.1, -0.05) is 62.4 Å². The second kappa shape index (κ2) is 9.80. The van der Waals surface area contributed by atoms with Gasteiger partial charge in [-0.05, 0) is 31.0 Å². The van der Waals surface area contributed by atoms with Gasteiger partial charge in [0, 0.05) is 17.0 Å². The lowest BCUT2D eigenvalue weighted by atomic mass is 10.1. The van der Waals surface area contributed by atoms with Crippen molar-refractivity contribution in [2.24, 2.45) is 0 Å². The molecule has 0 fully saturated rings. The van der Waals surface area contributed by atoms with E-state index in [-0.39, 0.29) is 0 Å². The van der Waals surface area contributed by atoms with E-state index in [1.54, 1.807) is 11.8 Å². The van der Waals surface area contributed by atoms with Gasteiger partial charge in [0.25, 0.3) is 0 Å². The summed E-state index contributed by atoms with van der Waals surface area (Å²) in [5, 5.41) is 12.9. The number of unbranched alkanes of at least 4 members (excludes halogenated alkanes) is 1. The molecule has 30 heavy (non-hydrogen) atoms. The number of hydrogen-bond donors (Lipinski definition) is 1. The van der Waals surface area contributed by atoms with E-state index in [4.69, 9.17) is 14.5 Å². The van der Waals surface area contributed by atoms with Crippen molar-refractivity contribution in [3.63, 3.8) is 0 Å². The number of para-hydroxylation sites is 2. The van der Waals surface area contributed by atoms with E-state index in [1.807, 2.05) is 48.5 Å². The van der Waals surface area contributed by atoms with Crippen LogP contribution in [0.3, 0.4) is 0 Å². The van der Waals surface area contributed by atoms with Crippen molar-refractivity contribution < 1.29 is 9.47 Å². The highest BCUT2D eigenvalue weighted by molar-refractivity contribution is 7.99. The van der Waals surface area contributed by atoms with E-state index < -0.39 is 6.23 Å². The number of anilines is 1. The molecule has 1 aromatic heterocycles. The van der Waals surface area contributed by atoms with Crippen molar-refractivity contribution >= 4 is 17.4 Å². The molecule has 1 atom stereocenters. The van der Waals surface area contributed by atoms with Crippen LogP contribution in [0.15, 0.2) is 53.7 Å².